The Labute approximate surface area is 165 Å². The van der Waals surface area contributed by atoms with Gasteiger partial charge in [0.2, 0.25) is 5.91 Å². The highest BCUT2D eigenvalue weighted by molar-refractivity contribution is 7.16. The third-order valence-electron chi connectivity index (χ3n) is 7.54. The molecule has 2 N–H and O–H groups in total. The normalized spacial score (nSPS) is 36.3. The fourth-order valence-corrected chi connectivity index (χ4v) is 8.10. The van der Waals surface area contributed by atoms with Crippen LogP contribution in [0.3, 0.4) is 0 Å². The minimum atomic E-state index is 0.00823. The largest absolute Gasteiger partial charge is 0.315 e. The summed E-state index contributed by atoms with van der Waals surface area (Å²) in [5.41, 5.74) is 2.10. The summed E-state index contributed by atoms with van der Waals surface area (Å²) < 4.78 is 0. The van der Waals surface area contributed by atoms with Gasteiger partial charge in [-0.1, -0.05) is 6.92 Å². The first-order valence-corrected chi connectivity index (χ1v) is 11.4. The molecule has 4 saturated carbocycles. The molecule has 5 aliphatic carbocycles. The molecule has 4 fully saturated rings. The third kappa shape index (κ3) is 3.21. The van der Waals surface area contributed by atoms with Crippen LogP contribution >= 0.6 is 11.3 Å². The summed E-state index contributed by atoms with van der Waals surface area (Å²) in [6.07, 6.45) is 11.1. The molecule has 4 bridgehead atoms. The number of hydrogen-bond acceptors (Lipinski definition) is 4. The molecule has 144 valence electrons. The number of hydrogen-bond donors (Lipinski definition) is 2. The summed E-state index contributed by atoms with van der Waals surface area (Å²) in [7, 11) is 0. The summed E-state index contributed by atoms with van der Waals surface area (Å²) in [6, 6.07) is 2.35. The SMILES string of the molecule is C[C@@H]1CCc2c(sc(NC(=O)CNC34CC5CC(CC(C5)C3)C4)c2C#N)C1. The lowest BCUT2D eigenvalue weighted by molar-refractivity contribution is -0.116. The molecule has 1 amide bonds. The predicted molar refractivity (Wildman–Crippen MR) is 108 cm³/mol. The van der Waals surface area contributed by atoms with Crippen molar-refractivity contribution in [2.45, 2.75) is 70.3 Å². The first kappa shape index (κ1) is 17.7. The Morgan fingerprint density at radius 1 is 1.22 bits per heavy atom. The zero-order valence-corrected chi connectivity index (χ0v) is 17.0. The second-order valence-corrected chi connectivity index (χ2v) is 10.9. The van der Waals surface area contributed by atoms with Gasteiger partial charge in [-0.2, -0.15) is 5.26 Å². The summed E-state index contributed by atoms with van der Waals surface area (Å²) in [6.45, 7) is 2.64. The van der Waals surface area contributed by atoms with Crippen LogP contribution in [0.25, 0.3) is 0 Å². The van der Waals surface area contributed by atoms with Crippen LogP contribution < -0.4 is 10.6 Å². The summed E-state index contributed by atoms with van der Waals surface area (Å²) in [4.78, 5) is 14.0. The zero-order valence-electron chi connectivity index (χ0n) is 16.1. The highest BCUT2D eigenvalue weighted by Crippen LogP contribution is 2.55. The number of carbonyl (C=O) groups excluding carboxylic acids is 1. The Kier molecular flexibility index (Phi) is 4.33. The summed E-state index contributed by atoms with van der Waals surface area (Å²) in [5.74, 6) is 3.31. The minimum absolute atomic E-state index is 0.00823. The van der Waals surface area contributed by atoms with E-state index in [2.05, 4.69) is 23.6 Å². The van der Waals surface area contributed by atoms with Crippen LogP contribution in [0, 0.1) is 35.0 Å². The second kappa shape index (κ2) is 6.60. The van der Waals surface area contributed by atoms with E-state index < -0.39 is 0 Å². The quantitative estimate of drug-likeness (QED) is 0.817. The first-order chi connectivity index (χ1) is 13.0. The molecule has 5 aliphatic rings. The molecule has 0 saturated heterocycles. The Balaban J connectivity index is 1.25. The van der Waals surface area contributed by atoms with E-state index in [-0.39, 0.29) is 11.4 Å². The van der Waals surface area contributed by atoms with Gasteiger partial charge in [0.05, 0.1) is 12.1 Å². The maximum Gasteiger partial charge on any atom is 0.238 e. The monoisotopic (exact) mass is 383 g/mol. The number of carbonyl (C=O) groups is 1. The van der Waals surface area contributed by atoms with Crippen molar-refractivity contribution in [3.63, 3.8) is 0 Å². The highest BCUT2D eigenvalue weighted by Gasteiger charge is 2.50. The molecular formula is C22H29N3OS. The Morgan fingerprint density at radius 2 is 1.89 bits per heavy atom. The number of thiophene rings is 1. The van der Waals surface area contributed by atoms with Crippen LogP contribution in [0.1, 0.15) is 67.9 Å². The van der Waals surface area contributed by atoms with Crippen molar-refractivity contribution < 1.29 is 4.79 Å². The fourth-order valence-electron chi connectivity index (χ4n) is 6.72. The number of anilines is 1. The lowest BCUT2D eigenvalue weighted by atomic mass is 9.53. The van der Waals surface area contributed by atoms with Crippen molar-refractivity contribution in [2.75, 3.05) is 11.9 Å². The summed E-state index contributed by atoms with van der Waals surface area (Å²) in [5, 5.41) is 17.1. The summed E-state index contributed by atoms with van der Waals surface area (Å²) >= 11 is 1.62. The molecular weight excluding hydrogens is 354 g/mol. The second-order valence-electron chi connectivity index (χ2n) is 9.77. The number of amides is 1. The van der Waals surface area contributed by atoms with Crippen molar-refractivity contribution in [3.05, 3.63) is 16.0 Å². The lowest BCUT2D eigenvalue weighted by Gasteiger charge is -2.57. The zero-order chi connectivity index (χ0) is 18.6. The van der Waals surface area contributed by atoms with Gasteiger partial charge in [0.25, 0.3) is 0 Å². The van der Waals surface area contributed by atoms with Gasteiger partial charge in [-0.05, 0) is 87.0 Å². The third-order valence-corrected chi connectivity index (χ3v) is 8.71. The Hall–Kier alpha value is -1.38. The van der Waals surface area contributed by atoms with Crippen molar-refractivity contribution in [1.82, 2.24) is 5.32 Å². The van der Waals surface area contributed by atoms with Crippen molar-refractivity contribution in [1.29, 1.82) is 5.26 Å². The molecule has 1 heterocycles. The molecule has 0 radical (unpaired) electrons. The van der Waals surface area contributed by atoms with E-state index in [1.165, 1.54) is 49.0 Å². The van der Waals surface area contributed by atoms with Gasteiger partial charge in [-0.25, -0.2) is 0 Å². The van der Waals surface area contributed by atoms with Gasteiger partial charge in [0, 0.05) is 10.4 Å². The van der Waals surface area contributed by atoms with Gasteiger partial charge in [0.1, 0.15) is 11.1 Å². The average molecular weight is 384 g/mol. The molecule has 0 unspecified atom stereocenters. The smallest absolute Gasteiger partial charge is 0.238 e. The van der Waals surface area contributed by atoms with Crippen LogP contribution in [0.5, 0.6) is 0 Å². The van der Waals surface area contributed by atoms with Gasteiger partial charge in [-0.15, -0.1) is 11.3 Å². The number of nitrogens with zero attached hydrogens (tertiary/aromatic N) is 1. The van der Waals surface area contributed by atoms with Crippen molar-refractivity contribution in [3.8, 4) is 6.07 Å². The van der Waals surface area contributed by atoms with E-state index in [1.54, 1.807) is 11.3 Å². The highest BCUT2D eigenvalue weighted by atomic mass is 32.1. The molecule has 4 nitrogen and oxygen atoms in total. The molecule has 5 heteroatoms. The van der Waals surface area contributed by atoms with Crippen LogP contribution in [-0.2, 0) is 17.6 Å². The molecule has 0 aromatic carbocycles. The average Bonchev–Trinajstić information content (AvgIpc) is 2.95. The maximum absolute atomic E-state index is 12.7. The van der Waals surface area contributed by atoms with Crippen LogP contribution in [0.4, 0.5) is 5.00 Å². The van der Waals surface area contributed by atoms with Crippen LogP contribution in [0.15, 0.2) is 0 Å². The lowest BCUT2D eigenvalue weighted by Crippen LogP contribution is -2.59. The van der Waals surface area contributed by atoms with E-state index >= 15 is 0 Å². The number of rotatable bonds is 4. The number of nitrogens with one attached hydrogen (secondary N) is 2. The molecule has 0 aliphatic heterocycles. The van der Waals surface area contributed by atoms with Gasteiger partial charge in [0.15, 0.2) is 0 Å². The van der Waals surface area contributed by atoms with Crippen molar-refractivity contribution >= 4 is 22.2 Å². The van der Waals surface area contributed by atoms with Gasteiger partial charge >= 0.3 is 0 Å². The molecule has 6 rings (SSSR count). The molecule has 1 atom stereocenters. The number of fused-ring (bicyclic) bond motifs is 1. The van der Waals surface area contributed by atoms with E-state index in [1.807, 2.05) is 0 Å². The Morgan fingerprint density at radius 3 is 2.52 bits per heavy atom. The molecule has 0 spiro atoms. The van der Waals surface area contributed by atoms with Crippen LogP contribution in [0.2, 0.25) is 0 Å². The molecule has 27 heavy (non-hydrogen) atoms. The topological polar surface area (TPSA) is 64.9 Å². The van der Waals surface area contributed by atoms with Gasteiger partial charge in [-0.3, -0.25) is 4.79 Å². The van der Waals surface area contributed by atoms with E-state index in [0.29, 0.717) is 18.0 Å². The van der Waals surface area contributed by atoms with E-state index in [4.69, 9.17) is 0 Å². The van der Waals surface area contributed by atoms with E-state index in [9.17, 15) is 10.1 Å². The minimum Gasteiger partial charge on any atom is -0.315 e. The van der Waals surface area contributed by atoms with Crippen molar-refractivity contribution in [2.24, 2.45) is 23.7 Å². The Bertz CT molecular complexity index is 770. The maximum atomic E-state index is 12.7. The van der Waals surface area contributed by atoms with Gasteiger partial charge < -0.3 is 10.6 Å². The van der Waals surface area contributed by atoms with E-state index in [0.717, 1.165) is 42.0 Å². The molecule has 1 aromatic rings. The molecule has 1 aromatic heterocycles. The number of nitriles is 1. The standard InChI is InChI=1S/C22H29N3OS/c1-13-2-3-17-18(11-23)21(27-19(17)4-13)25-20(26)12-24-22-8-14-5-15(9-22)7-16(6-14)10-22/h13-16,24H,2-10,12H2,1H3,(H,25,26)/t13-,14?,15?,16?,22?/m1/s1. The fraction of sp³-hybridized carbons (Fsp3) is 0.727. The predicted octanol–water partition coefficient (Wildman–Crippen LogP) is 4.24. The first-order valence-electron chi connectivity index (χ1n) is 10.6. The van der Waals surface area contributed by atoms with Crippen LogP contribution in [-0.4, -0.2) is 18.0 Å².